The van der Waals surface area contributed by atoms with Crippen LogP contribution in [0.3, 0.4) is 0 Å². The second kappa shape index (κ2) is 11.9. The number of benzene rings is 2. The molecule has 9 heteroatoms. The molecule has 0 spiro atoms. The third-order valence-electron chi connectivity index (χ3n) is 4.99. The number of nitrogens with one attached hydrogen (secondary N) is 2. The predicted octanol–water partition coefficient (Wildman–Crippen LogP) is 4.46. The number of Topliss-reactive ketones (excluding diaryl/α,β-unsaturated/α-hetero) is 1. The van der Waals surface area contributed by atoms with Crippen molar-refractivity contribution in [3.8, 4) is 0 Å². The summed E-state index contributed by atoms with van der Waals surface area (Å²) in [5, 5.41) is 5.89. The van der Waals surface area contributed by atoms with Gasteiger partial charge in [0.25, 0.3) is 5.91 Å². The summed E-state index contributed by atoms with van der Waals surface area (Å²) in [5.74, 6) is -2.15. The van der Waals surface area contributed by atoms with E-state index in [1.54, 1.807) is 81.4 Å². The average molecular weight is 495 g/mol. The van der Waals surface area contributed by atoms with Gasteiger partial charge < -0.3 is 20.1 Å². The molecule has 0 aliphatic rings. The maximum absolute atomic E-state index is 13.4. The van der Waals surface area contributed by atoms with Crippen molar-refractivity contribution in [2.75, 3.05) is 18.5 Å². The Morgan fingerprint density at radius 3 is 1.94 bits per heavy atom. The molecule has 1 unspecified atom stereocenters. The summed E-state index contributed by atoms with van der Waals surface area (Å²) in [7, 11) is 0. The number of rotatable bonds is 10. The molecular formula is C26H26N2O6S. The number of ether oxygens (including phenoxy) is 2. The minimum Gasteiger partial charge on any atom is -0.462 e. The molecule has 2 N–H and O–H groups in total. The number of amides is 1. The van der Waals surface area contributed by atoms with Gasteiger partial charge in [-0.05, 0) is 38.5 Å². The van der Waals surface area contributed by atoms with E-state index in [0.717, 1.165) is 11.3 Å². The zero-order valence-electron chi connectivity index (χ0n) is 19.6. The minimum absolute atomic E-state index is 0.111. The molecule has 0 fully saturated rings. The van der Waals surface area contributed by atoms with Crippen molar-refractivity contribution < 1.29 is 28.7 Å². The summed E-state index contributed by atoms with van der Waals surface area (Å²) >= 11 is 0.962. The molecule has 0 saturated heterocycles. The van der Waals surface area contributed by atoms with E-state index < -0.39 is 29.8 Å². The molecule has 1 atom stereocenters. The molecule has 0 saturated carbocycles. The monoisotopic (exact) mass is 494 g/mol. The van der Waals surface area contributed by atoms with Crippen LogP contribution in [-0.2, 0) is 9.47 Å². The van der Waals surface area contributed by atoms with Crippen LogP contribution in [0.1, 0.15) is 60.2 Å². The van der Waals surface area contributed by atoms with Crippen LogP contribution < -0.4 is 10.6 Å². The summed E-state index contributed by atoms with van der Waals surface area (Å²) in [5.41, 5.74) is 1.20. The number of thiophene rings is 1. The Bertz CT molecular complexity index is 1210. The SMILES string of the molecule is CCOC(=O)c1sc(NC(NC(=O)c2ccccc2)C(=O)c2ccccc2)c(C(=O)OCC)c1C. The third kappa shape index (κ3) is 6.13. The van der Waals surface area contributed by atoms with Crippen LogP contribution in [0.15, 0.2) is 60.7 Å². The Balaban J connectivity index is 2.03. The van der Waals surface area contributed by atoms with Gasteiger partial charge in [0.15, 0.2) is 6.17 Å². The van der Waals surface area contributed by atoms with Crippen molar-refractivity contribution in [1.29, 1.82) is 0 Å². The highest BCUT2D eigenvalue weighted by Gasteiger charge is 2.30. The Morgan fingerprint density at radius 1 is 0.829 bits per heavy atom. The van der Waals surface area contributed by atoms with Crippen molar-refractivity contribution in [2.45, 2.75) is 26.9 Å². The van der Waals surface area contributed by atoms with Crippen molar-refractivity contribution in [3.63, 3.8) is 0 Å². The zero-order chi connectivity index (χ0) is 25.4. The summed E-state index contributed by atoms with van der Waals surface area (Å²) in [6.07, 6.45) is -1.23. The van der Waals surface area contributed by atoms with Gasteiger partial charge in [0.1, 0.15) is 9.88 Å². The molecule has 8 nitrogen and oxygen atoms in total. The molecule has 0 aliphatic heterocycles. The first-order valence-electron chi connectivity index (χ1n) is 11.1. The molecule has 1 aromatic heterocycles. The van der Waals surface area contributed by atoms with Gasteiger partial charge in [0.05, 0.1) is 18.8 Å². The Kier molecular flexibility index (Phi) is 8.74. The molecule has 1 amide bonds. The Hall–Kier alpha value is -3.98. The number of carbonyl (C=O) groups is 4. The fourth-order valence-corrected chi connectivity index (χ4v) is 4.44. The van der Waals surface area contributed by atoms with Crippen LogP contribution >= 0.6 is 11.3 Å². The lowest BCUT2D eigenvalue weighted by molar-refractivity contribution is 0.0526. The van der Waals surface area contributed by atoms with Crippen LogP contribution in [0.4, 0.5) is 5.00 Å². The lowest BCUT2D eigenvalue weighted by Gasteiger charge is -2.20. The minimum atomic E-state index is -1.23. The fraction of sp³-hybridized carbons (Fsp3) is 0.231. The van der Waals surface area contributed by atoms with E-state index in [4.69, 9.17) is 9.47 Å². The van der Waals surface area contributed by atoms with E-state index in [-0.39, 0.29) is 28.7 Å². The van der Waals surface area contributed by atoms with Gasteiger partial charge in [-0.25, -0.2) is 9.59 Å². The van der Waals surface area contributed by atoms with Gasteiger partial charge in [-0.2, -0.15) is 0 Å². The van der Waals surface area contributed by atoms with E-state index in [0.29, 0.717) is 16.7 Å². The van der Waals surface area contributed by atoms with Crippen molar-refractivity contribution in [3.05, 3.63) is 87.8 Å². The summed E-state index contributed by atoms with van der Waals surface area (Å²) in [6.45, 7) is 5.24. The maximum atomic E-state index is 13.4. The number of hydrogen-bond donors (Lipinski definition) is 2. The van der Waals surface area contributed by atoms with E-state index in [1.807, 2.05) is 0 Å². The van der Waals surface area contributed by atoms with Crippen LogP contribution in [-0.4, -0.2) is 43.0 Å². The summed E-state index contributed by atoms with van der Waals surface area (Å²) in [4.78, 5) is 51.7. The van der Waals surface area contributed by atoms with E-state index in [2.05, 4.69) is 10.6 Å². The molecule has 0 aliphatic carbocycles. The number of carbonyl (C=O) groups excluding carboxylic acids is 4. The molecule has 35 heavy (non-hydrogen) atoms. The third-order valence-corrected chi connectivity index (χ3v) is 6.20. The van der Waals surface area contributed by atoms with E-state index in [1.165, 1.54) is 0 Å². The molecule has 182 valence electrons. The Morgan fingerprint density at radius 2 is 1.37 bits per heavy atom. The normalized spacial score (nSPS) is 11.3. The molecule has 3 aromatic rings. The number of hydrogen-bond acceptors (Lipinski definition) is 8. The van der Waals surface area contributed by atoms with Gasteiger partial charge in [0.2, 0.25) is 5.78 Å². The molecule has 0 radical (unpaired) electrons. The van der Waals surface area contributed by atoms with Crippen molar-refractivity contribution >= 4 is 40.0 Å². The molecule has 2 aromatic carbocycles. The molecular weight excluding hydrogens is 468 g/mol. The first-order chi connectivity index (χ1) is 16.9. The molecule has 1 heterocycles. The zero-order valence-corrected chi connectivity index (χ0v) is 20.4. The van der Waals surface area contributed by atoms with Crippen LogP contribution in [0.25, 0.3) is 0 Å². The lowest BCUT2D eigenvalue weighted by atomic mass is 10.1. The van der Waals surface area contributed by atoms with Crippen molar-refractivity contribution in [1.82, 2.24) is 5.32 Å². The predicted molar refractivity (Wildman–Crippen MR) is 133 cm³/mol. The highest BCUT2D eigenvalue weighted by Crippen LogP contribution is 2.35. The highest BCUT2D eigenvalue weighted by atomic mass is 32.1. The lowest BCUT2D eigenvalue weighted by Crippen LogP contribution is -2.46. The largest absolute Gasteiger partial charge is 0.462 e. The van der Waals surface area contributed by atoms with Gasteiger partial charge in [-0.15, -0.1) is 11.3 Å². The van der Waals surface area contributed by atoms with Crippen LogP contribution in [0.5, 0.6) is 0 Å². The van der Waals surface area contributed by atoms with Gasteiger partial charge in [-0.1, -0.05) is 48.5 Å². The number of ketones is 1. The number of esters is 2. The van der Waals surface area contributed by atoms with E-state index in [9.17, 15) is 19.2 Å². The van der Waals surface area contributed by atoms with E-state index >= 15 is 0 Å². The average Bonchev–Trinajstić information content (AvgIpc) is 3.20. The fourth-order valence-electron chi connectivity index (χ4n) is 3.33. The topological polar surface area (TPSA) is 111 Å². The second-order valence-electron chi connectivity index (χ2n) is 7.35. The highest BCUT2D eigenvalue weighted by molar-refractivity contribution is 7.18. The van der Waals surface area contributed by atoms with Gasteiger partial charge >= 0.3 is 11.9 Å². The quantitative estimate of drug-likeness (QED) is 0.243. The Labute approximate surface area is 207 Å². The first-order valence-corrected chi connectivity index (χ1v) is 11.9. The standard InChI is InChI=1S/C26H26N2O6S/c1-4-33-25(31)19-16(3)21(26(32)34-5-2)35-24(19)28-22(20(29)17-12-8-6-9-13-17)27-23(30)18-14-10-7-11-15-18/h6-15,22,28H,4-5H2,1-3H3,(H,27,30). The first kappa shape index (κ1) is 25.6. The summed E-state index contributed by atoms with van der Waals surface area (Å²) < 4.78 is 10.3. The second-order valence-corrected chi connectivity index (χ2v) is 8.37. The van der Waals surface area contributed by atoms with Gasteiger partial charge in [0, 0.05) is 11.1 Å². The molecule has 0 bridgehead atoms. The smallest absolute Gasteiger partial charge is 0.348 e. The molecule has 3 rings (SSSR count). The summed E-state index contributed by atoms with van der Waals surface area (Å²) in [6, 6.07) is 16.9. The maximum Gasteiger partial charge on any atom is 0.348 e. The van der Waals surface area contributed by atoms with Crippen LogP contribution in [0.2, 0.25) is 0 Å². The number of anilines is 1. The van der Waals surface area contributed by atoms with Crippen LogP contribution in [0, 0.1) is 6.92 Å². The van der Waals surface area contributed by atoms with Crippen molar-refractivity contribution in [2.24, 2.45) is 0 Å². The van der Waals surface area contributed by atoms with Gasteiger partial charge in [-0.3, -0.25) is 9.59 Å².